The van der Waals surface area contributed by atoms with Crippen molar-refractivity contribution in [2.75, 3.05) is 12.0 Å². The molecule has 0 aliphatic rings. The third kappa shape index (κ3) is 4.15. The topological polar surface area (TPSA) is 85.4 Å². The van der Waals surface area contributed by atoms with Crippen LogP contribution in [0.15, 0.2) is 33.2 Å². The summed E-state index contributed by atoms with van der Waals surface area (Å²) in [5.41, 5.74) is 0.407. The summed E-state index contributed by atoms with van der Waals surface area (Å²) in [7, 11) is -2.58. The summed E-state index contributed by atoms with van der Waals surface area (Å²) >= 11 is 0. The van der Waals surface area contributed by atoms with Crippen LogP contribution in [0.3, 0.4) is 0 Å². The van der Waals surface area contributed by atoms with Crippen molar-refractivity contribution in [2.24, 2.45) is 4.36 Å². The Hall–Kier alpha value is -2.23. The normalized spacial score (nSPS) is 14.3. The summed E-state index contributed by atoms with van der Waals surface area (Å²) in [6, 6.07) is 5.40. The van der Waals surface area contributed by atoms with Gasteiger partial charge in [-0.3, -0.25) is 4.79 Å². The Balaban J connectivity index is 2.27. The molecule has 6 nitrogen and oxygen atoms in total. The highest BCUT2D eigenvalue weighted by molar-refractivity contribution is 7.93. The van der Waals surface area contributed by atoms with Crippen LogP contribution in [0.1, 0.15) is 23.2 Å². The van der Waals surface area contributed by atoms with Gasteiger partial charge in [-0.25, -0.2) is 4.21 Å². The molecule has 23 heavy (non-hydrogen) atoms. The Morgan fingerprint density at radius 2 is 1.91 bits per heavy atom. The van der Waals surface area contributed by atoms with Crippen molar-refractivity contribution in [3.8, 4) is 11.4 Å². The molecule has 1 aromatic carbocycles. The molecule has 1 heterocycles. The molecule has 0 bridgehead atoms. The van der Waals surface area contributed by atoms with E-state index in [-0.39, 0.29) is 22.7 Å². The van der Waals surface area contributed by atoms with Crippen LogP contribution in [0, 0.1) is 0 Å². The molecule has 1 aromatic heterocycles. The zero-order valence-corrected chi connectivity index (χ0v) is 12.9. The Bertz CT molecular complexity index is 834. The van der Waals surface area contributed by atoms with Gasteiger partial charge in [0.1, 0.15) is 0 Å². The maximum absolute atomic E-state index is 12.4. The fraction of sp³-hybridized carbons (Fsp3) is 0.308. The number of hydrogen-bond acceptors (Lipinski definition) is 5. The second-order valence-corrected chi connectivity index (χ2v) is 7.32. The monoisotopic (exact) mass is 347 g/mol. The van der Waals surface area contributed by atoms with Gasteiger partial charge in [0.25, 0.3) is 5.91 Å². The van der Waals surface area contributed by atoms with Crippen molar-refractivity contribution >= 4 is 15.6 Å². The first kappa shape index (κ1) is 17.1. The first-order valence-electron chi connectivity index (χ1n) is 6.38. The van der Waals surface area contributed by atoms with Gasteiger partial charge in [0.05, 0.1) is 9.73 Å². The van der Waals surface area contributed by atoms with E-state index in [2.05, 4.69) is 19.0 Å². The van der Waals surface area contributed by atoms with Crippen molar-refractivity contribution in [3.63, 3.8) is 0 Å². The molecule has 0 radical (unpaired) electrons. The summed E-state index contributed by atoms with van der Waals surface area (Å²) in [6.07, 6.45) is -3.35. The number of carbonyl (C=O) groups is 1. The van der Waals surface area contributed by atoms with E-state index < -0.39 is 27.7 Å². The fourth-order valence-electron chi connectivity index (χ4n) is 1.51. The van der Waals surface area contributed by atoms with Gasteiger partial charge in [0.2, 0.25) is 5.82 Å². The molecular weight excluding hydrogens is 335 g/mol. The molecule has 1 atom stereocenters. The average molecular weight is 347 g/mol. The molecule has 0 saturated heterocycles. The predicted molar refractivity (Wildman–Crippen MR) is 76.1 cm³/mol. The summed E-state index contributed by atoms with van der Waals surface area (Å²) in [4.78, 5) is 15.1. The lowest BCUT2D eigenvalue weighted by atomic mass is 10.1. The second-order valence-electron chi connectivity index (χ2n) is 4.64. The van der Waals surface area contributed by atoms with E-state index in [1.54, 1.807) is 6.92 Å². The zero-order valence-electron chi connectivity index (χ0n) is 12.1. The van der Waals surface area contributed by atoms with Crippen LogP contribution >= 0.6 is 0 Å². The van der Waals surface area contributed by atoms with Crippen LogP contribution in [0.2, 0.25) is 0 Å². The smallest absolute Gasteiger partial charge is 0.329 e. The first-order chi connectivity index (χ1) is 10.6. The molecule has 124 valence electrons. The van der Waals surface area contributed by atoms with Crippen LogP contribution in [0.25, 0.3) is 11.4 Å². The number of halogens is 3. The molecule has 0 aliphatic carbocycles. The van der Waals surface area contributed by atoms with E-state index in [9.17, 15) is 22.2 Å². The molecule has 2 rings (SSSR count). The van der Waals surface area contributed by atoms with Gasteiger partial charge in [0.15, 0.2) is 0 Å². The maximum atomic E-state index is 12.4. The molecule has 2 aromatic rings. The fourth-order valence-corrected chi connectivity index (χ4v) is 2.10. The molecular formula is C13H12F3N3O3S. The quantitative estimate of drug-likeness (QED) is 0.852. The first-order valence-corrected chi connectivity index (χ1v) is 8.47. The number of alkyl halides is 3. The predicted octanol–water partition coefficient (Wildman–Crippen LogP) is 3.01. The van der Waals surface area contributed by atoms with E-state index >= 15 is 0 Å². The van der Waals surface area contributed by atoms with Crippen LogP contribution in [-0.2, 0) is 15.9 Å². The van der Waals surface area contributed by atoms with E-state index in [4.69, 9.17) is 0 Å². The molecule has 0 saturated carbocycles. The molecule has 1 amide bonds. The lowest BCUT2D eigenvalue weighted by Crippen LogP contribution is -2.05. The third-order valence-electron chi connectivity index (χ3n) is 2.87. The van der Waals surface area contributed by atoms with Crippen LogP contribution in [0.5, 0.6) is 0 Å². The van der Waals surface area contributed by atoms with Crippen molar-refractivity contribution in [3.05, 3.63) is 35.7 Å². The lowest BCUT2D eigenvalue weighted by molar-refractivity contribution is -0.159. The number of rotatable bonds is 3. The highest BCUT2D eigenvalue weighted by atomic mass is 32.2. The maximum Gasteiger partial charge on any atom is 0.471 e. The minimum atomic E-state index is -4.72. The van der Waals surface area contributed by atoms with Gasteiger partial charge in [-0.05, 0) is 12.1 Å². The minimum Gasteiger partial charge on any atom is -0.329 e. The highest BCUT2D eigenvalue weighted by Crippen LogP contribution is 2.29. The molecule has 0 fully saturated rings. The summed E-state index contributed by atoms with van der Waals surface area (Å²) in [5, 5.41) is 3.24. The SMILES string of the molecule is CCS(C)(=O)=NC(=O)c1ccc(-c2noc(C(F)(F)F)n2)cc1. The van der Waals surface area contributed by atoms with Crippen LogP contribution in [-0.4, -0.2) is 32.3 Å². The van der Waals surface area contributed by atoms with Crippen LogP contribution < -0.4 is 0 Å². The standard InChI is InChI=1S/C13H12F3N3O3S/c1-3-23(2,21)19-11(20)9-6-4-8(5-7-9)10-17-12(22-18-10)13(14,15)16/h4-7H,3H2,1-2H3. The highest BCUT2D eigenvalue weighted by Gasteiger charge is 2.38. The summed E-state index contributed by atoms with van der Waals surface area (Å²) < 4.78 is 56.7. The van der Waals surface area contributed by atoms with E-state index in [1.807, 2.05) is 0 Å². The number of nitrogens with zero attached hydrogens (tertiary/aromatic N) is 3. The van der Waals surface area contributed by atoms with Crippen molar-refractivity contribution in [2.45, 2.75) is 13.1 Å². The summed E-state index contributed by atoms with van der Waals surface area (Å²) in [5.74, 6) is -2.12. The zero-order chi connectivity index (χ0) is 17.3. The van der Waals surface area contributed by atoms with Crippen molar-refractivity contribution in [1.82, 2.24) is 10.1 Å². The Morgan fingerprint density at radius 3 is 2.39 bits per heavy atom. The largest absolute Gasteiger partial charge is 0.471 e. The van der Waals surface area contributed by atoms with Gasteiger partial charge in [-0.1, -0.05) is 24.2 Å². The van der Waals surface area contributed by atoms with Gasteiger partial charge in [-0.2, -0.15) is 22.5 Å². The molecule has 0 N–H and O–H groups in total. The minimum absolute atomic E-state index is 0.163. The second kappa shape index (κ2) is 6.11. The molecule has 0 aliphatic heterocycles. The summed E-state index contributed by atoms with van der Waals surface area (Å²) in [6.45, 7) is 1.65. The number of benzene rings is 1. The van der Waals surface area contributed by atoms with Crippen LogP contribution in [0.4, 0.5) is 13.2 Å². The van der Waals surface area contributed by atoms with E-state index in [1.165, 1.54) is 30.5 Å². The lowest BCUT2D eigenvalue weighted by Gasteiger charge is -2.00. The van der Waals surface area contributed by atoms with E-state index in [0.29, 0.717) is 0 Å². The Morgan fingerprint density at radius 1 is 1.30 bits per heavy atom. The number of amides is 1. The number of carbonyl (C=O) groups excluding carboxylic acids is 1. The Labute approximate surface area is 129 Å². The number of aromatic nitrogens is 2. The van der Waals surface area contributed by atoms with Crippen molar-refractivity contribution < 1.29 is 26.7 Å². The van der Waals surface area contributed by atoms with Gasteiger partial charge in [0, 0.05) is 23.1 Å². The van der Waals surface area contributed by atoms with Gasteiger partial charge in [-0.15, -0.1) is 0 Å². The van der Waals surface area contributed by atoms with Crippen molar-refractivity contribution in [1.29, 1.82) is 0 Å². The molecule has 1 unspecified atom stereocenters. The van der Waals surface area contributed by atoms with Gasteiger partial charge >= 0.3 is 12.1 Å². The molecule has 0 spiro atoms. The van der Waals surface area contributed by atoms with Gasteiger partial charge < -0.3 is 4.52 Å². The van der Waals surface area contributed by atoms with E-state index in [0.717, 1.165) is 0 Å². The Kier molecular flexibility index (Phi) is 4.55. The number of hydrogen-bond donors (Lipinski definition) is 0. The third-order valence-corrected chi connectivity index (χ3v) is 4.49. The molecule has 10 heteroatoms. The average Bonchev–Trinajstić information content (AvgIpc) is 2.97.